The van der Waals surface area contributed by atoms with Crippen molar-refractivity contribution in [1.29, 1.82) is 0 Å². The summed E-state index contributed by atoms with van der Waals surface area (Å²) < 4.78 is 25.6. The Labute approximate surface area is 92.6 Å². The lowest BCUT2D eigenvalue weighted by molar-refractivity contribution is 0.507. The standard InChI is InChI=1S/C11H13F2N3/c1-7-5-14-11(16-7)15-6-8-2-3-9(12)10(13)4-8/h2-4,7H,5-6H2,1H3,(H2,14,15,16). The molecule has 1 aliphatic heterocycles. The fourth-order valence-corrected chi connectivity index (χ4v) is 1.50. The monoisotopic (exact) mass is 225 g/mol. The summed E-state index contributed by atoms with van der Waals surface area (Å²) in [5.74, 6) is -0.945. The van der Waals surface area contributed by atoms with E-state index in [1.165, 1.54) is 6.07 Å². The number of hydrogen-bond donors (Lipinski definition) is 2. The largest absolute Gasteiger partial charge is 0.352 e. The van der Waals surface area contributed by atoms with Gasteiger partial charge in [0.15, 0.2) is 17.6 Å². The van der Waals surface area contributed by atoms with E-state index < -0.39 is 11.6 Å². The van der Waals surface area contributed by atoms with Crippen LogP contribution in [0.5, 0.6) is 0 Å². The van der Waals surface area contributed by atoms with E-state index in [2.05, 4.69) is 15.6 Å². The maximum absolute atomic E-state index is 12.9. The summed E-state index contributed by atoms with van der Waals surface area (Å²) in [7, 11) is 0. The summed E-state index contributed by atoms with van der Waals surface area (Å²) in [6.07, 6.45) is 0. The molecule has 0 bridgehead atoms. The zero-order valence-electron chi connectivity index (χ0n) is 8.93. The molecule has 86 valence electrons. The van der Waals surface area contributed by atoms with Gasteiger partial charge in [0.2, 0.25) is 0 Å². The molecule has 0 fully saturated rings. The normalized spacial score (nSPS) is 19.2. The highest BCUT2D eigenvalue weighted by molar-refractivity contribution is 5.81. The van der Waals surface area contributed by atoms with Crippen molar-refractivity contribution in [3.05, 3.63) is 35.4 Å². The first kappa shape index (κ1) is 10.9. The van der Waals surface area contributed by atoms with E-state index in [1.807, 2.05) is 6.92 Å². The molecular formula is C11H13F2N3. The maximum atomic E-state index is 12.9. The number of nitrogens with one attached hydrogen (secondary N) is 2. The third kappa shape index (κ3) is 2.48. The molecule has 2 rings (SSSR count). The highest BCUT2D eigenvalue weighted by Crippen LogP contribution is 2.08. The molecule has 1 aromatic rings. The molecule has 0 saturated carbocycles. The van der Waals surface area contributed by atoms with Crippen LogP contribution in [0.25, 0.3) is 0 Å². The quantitative estimate of drug-likeness (QED) is 0.798. The maximum Gasteiger partial charge on any atom is 0.191 e. The Bertz CT molecular complexity index is 418. The number of hydrogen-bond acceptors (Lipinski definition) is 3. The molecule has 0 aromatic heterocycles. The van der Waals surface area contributed by atoms with Crippen molar-refractivity contribution >= 4 is 5.96 Å². The number of aliphatic imine (C=N–C) groups is 1. The highest BCUT2D eigenvalue weighted by atomic mass is 19.2. The average molecular weight is 225 g/mol. The van der Waals surface area contributed by atoms with Crippen LogP contribution in [0.3, 0.4) is 0 Å². The Morgan fingerprint density at radius 3 is 2.88 bits per heavy atom. The Morgan fingerprint density at radius 2 is 2.25 bits per heavy atom. The molecule has 0 spiro atoms. The van der Waals surface area contributed by atoms with Crippen molar-refractivity contribution in [2.24, 2.45) is 4.99 Å². The van der Waals surface area contributed by atoms with Crippen LogP contribution in [0.2, 0.25) is 0 Å². The minimum atomic E-state index is -0.825. The van der Waals surface area contributed by atoms with Gasteiger partial charge in [0.25, 0.3) is 0 Å². The topological polar surface area (TPSA) is 36.4 Å². The number of benzene rings is 1. The Balaban J connectivity index is 1.92. The van der Waals surface area contributed by atoms with Gasteiger partial charge in [0.05, 0.1) is 6.54 Å². The molecule has 0 saturated heterocycles. The van der Waals surface area contributed by atoms with Crippen LogP contribution in [0, 0.1) is 11.6 Å². The summed E-state index contributed by atoms with van der Waals surface area (Å²) in [4.78, 5) is 4.20. The Kier molecular flexibility index (Phi) is 3.03. The van der Waals surface area contributed by atoms with Crippen molar-refractivity contribution < 1.29 is 8.78 Å². The van der Waals surface area contributed by atoms with E-state index in [-0.39, 0.29) is 0 Å². The van der Waals surface area contributed by atoms with Crippen molar-refractivity contribution in [2.75, 3.05) is 6.54 Å². The molecule has 1 aliphatic rings. The lowest BCUT2D eigenvalue weighted by atomic mass is 10.2. The van der Waals surface area contributed by atoms with Gasteiger partial charge in [0, 0.05) is 12.6 Å². The second-order valence-corrected chi connectivity index (χ2v) is 3.84. The number of rotatable bonds is 2. The minimum Gasteiger partial charge on any atom is -0.352 e. The molecule has 0 amide bonds. The van der Waals surface area contributed by atoms with Crippen LogP contribution in [0.4, 0.5) is 8.78 Å². The minimum absolute atomic E-state index is 0.326. The van der Waals surface area contributed by atoms with Crippen LogP contribution in [-0.4, -0.2) is 18.5 Å². The predicted octanol–water partition coefficient (Wildman–Crippen LogP) is 1.40. The fourth-order valence-electron chi connectivity index (χ4n) is 1.50. The first-order chi connectivity index (χ1) is 7.65. The fraction of sp³-hybridized carbons (Fsp3) is 0.364. The van der Waals surface area contributed by atoms with E-state index in [1.54, 1.807) is 6.07 Å². The molecule has 0 aliphatic carbocycles. The van der Waals surface area contributed by atoms with Gasteiger partial charge in [-0.2, -0.15) is 0 Å². The van der Waals surface area contributed by atoms with Gasteiger partial charge < -0.3 is 10.6 Å². The van der Waals surface area contributed by atoms with Gasteiger partial charge >= 0.3 is 0 Å². The molecule has 16 heavy (non-hydrogen) atoms. The van der Waals surface area contributed by atoms with Crippen LogP contribution < -0.4 is 10.6 Å². The summed E-state index contributed by atoms with van der Waals surface area (Å²) in [6.45, 7) is 3.19. The number of nitrogens with zero attached hydrogens (tertiary/aromatic N) is 1. The van der Waals surface area contributed by atoms with Gasteiger partial charge in [-0.05, 0) is 24.6 Å². The lowest BCUT2D eigenvalue weighted by Crippen LogP contribution is -2.37. The second kappa shape index (κ2) is 4.47. The third-order valence-corrected chi connectivity index (χ3v) is 2.35. The van der Waals surface area contributed by atoms with Crippen LogP contribution in [0.15, 0.2) is 23.2 Å². The molecule has 5 heteroatoms. The summed E-state index contributed by atoms with van der Waals surface area (Å²) in [5.41, 5.74) is 0.683. The summed E-state index contributed by atoms with van der Waals surface area (Å²) in [6, 6.07) is 4.18. The van der Waals surface area contributed by atoms with Gasteiger partial charge in [-0.1, -0.05) is 6.07 Å². The van der Waals surface area contributed by atoms with E-state index in [4.69, 9.17) is 0 Å². The molecular weight excluding hydrogens is 212 g/mol. The average Bonchev–Trinajstić information content (AvgIpc) is 2.66. The third-order valence-electron chi connectivity index (χ3n) is 2.35. The number of guanidine groups is 1. The Hall–Kier alpha value is -1.65. The van der Waals surface area contributed by atoms with Crippen molar-refractivity contribution in [3.63, 3.8) is 0 Å². The SMILES string of the molecule is CC1CN=C(NCc2ccc(F)c(F)c2)N1. The van der Waals surface area contributed by atoms with E-state index in [0.717, 1.165) is 12.6 Å². The second-order valence-electron chi connectivity index (χ2n) is 3.84. The molecule has 2 N–H and O–H groups in total. The molecule has 1 unspecified atom stereocenters. The van der Waals surface area contributed by atoms with Crippen LogP contribution in [-0.2, 0) is 6.54 Å². The smallest absolute Gasteiger partial charge is 0.191 e. The van der Waals surface area contributed by atoms with Crippen molar-refractivity contribution in [2.45, 2.75) is 19.5 Å². The molecule has 1 aromatic carbocycles. The van der Waals surface area contributed by atoms with E-state index in [0.29, 0.717) is 24.1 Å². The Morgan fingerprint density at radius 1 is 1.44 bits per heavy atom. The lowest BCUT2D eigenvalue weighted by Gasteiger charge is -2.08. The van der Waals surface area contributed by atoms with Crippen molar-refractivity contribution in [3.8, 4) is 0 Å². The van der Waals surface area contributed by atoms with Crippen LogP contribution >= 0.6 is 0 Å². The first-order valence-corrected chi connectivity index (χ1v) is 5.14. The zero-order valence-corrected chi connectivity index (χ0v) is 8.93. The van der Waals surface area contributed by atoms with E-state index >= 15 is 0 Å². The van der Waals surface area contributed by atoms with Gasteiger partial charge in [-0.25, -0.2) is 8.78 Å². The summed E-state index contributed by atoms with van der Waals surface area (Å²) >= 11 is 0. The van der Waals surface area contributed by atoms with E-state index in [9.17, 15) is 8.78 Å². The first-order valence-electron chi connectivity index (χ1n) is 5.14. The molecule has 0 radical (unpaired) electrons. The van der Waals surface area contributed by atoms with Crippen LogP contribution in [0.1, 0.15) is 12.5 Å². The van der Waals surface area contributed by atoms with Gasteiger partial charge in [-0.3, -0.25) is 4.99 Å². The molecule has 1 atom stereocenters. The van der Waals surface area contributed by atoms with Crippen molar-refractivity contribution in [1.82, 2.24) is 10.6 Å². The highest BCUT2D eigenvalue weighted by Gasteiger charge is 2.11. The summed E-state index contributed by atoms with van der Waals surface area (Å²) in [5, 5.41) is 6.15. The number of halogens is 2. The predicted molar refractivity (Wildman–Crippen MR) is 58.1 cm³/mol. The molecule has 3 nitrogen and oxygen atoms in total. The zero-order chi connectivity index (χ0) is 11.5. The molecule has 1 heterocycles. The van der Waals surface area contributed by atoms with Gasteiger partial charge in [0.1, 0.15) is 0 Å². The van der Waals surface area contributed by atoms with Gasteiger partial charge in [-0.15, -0.1) is 0 Å².